The Balaban J connectivity index is 3.39. The lowest BCUT2D eigenvalue weighted by molar-refractivity contribution is 0.658. The van der Waals surface area contributed by atoms with E-state index in [-0.39, 0.29) is 16.4 Å². The maximum Gasteiger partial charge on any atom is 0.331 e. The normalized spacial score (nSPS) is 10.7. The number of hydrogen-bond acceptors (Lipinski definition) is 2. The molecule has 84 valence electrons. The minimum absolute atomic E-state index is 0.261. The van der Waals surface area contributed by atoms with Crippen molar-refractivity contribution in [3.05, 3.63) is 31.6 Å². The molecule has 5 heteroatoms. The van der Waals surface area contributed by atoms with E-state index in [4.69, 9.17) is 11.6 Å². The highest BCUT2D eigenvalue weighted by atomic mass is 35.5. The maximum absolute atomic E-state index is 11.7. The molecular formula is C10H15ClN2O2. The summed E-state index contributed by atoms with van der Waals surface area (Å²) in [5.74, 6) is 0. The Labute approximate surface area is 93.1 Å². The van der Waals surface area contributed by atoms with E-state index in [1.807, 2.05) is 6.92 Å². The number of aromatic nitrogens is 2. The van der Waals surface area contributed by atoms with Crippen LogP contribution in [0.1, 0.15) is 25.3 Å². The molecular weight excluding hydrogens is 216 g/mol. The third-order valence-electron chi connectivity index (χ3n) is 2.46. The predicted molar refractivity (Wildman–Crippen MR) is 60.5 cm³/mol. The van der Waals surface area contributed by atoms with Crippen LogP contribution in [0.3, 0.4) is 0 Å². The average Bonchev–Trinajstić information content (AvgIpc) is 2.24. The zero-order valence-corrected chi connectivity index (χ0v) is 9.97. The average molecular weight is 231 g/mol. The van der Waals surface area contributed by atoms with Gasteiger partial charge < -0.3 is 0 Å². The van der Waals surface area contributed by atoms with Crippen LogP contribution in [0.15, 0.2) is 9.59 Å². The monoisotopic (exact) mass is 230 g/mol. The first-order valence-corrected chi connectivity index (χ1v) is 5.32. The number of hydrogen-bond donors (Lipinski definition) is 0. The molecule has 0 saturated carbocycles. The highest BCUT2D eigenvalue weighted by Crippen LogP contribution is 2.11. The molecule has 1 aromatic heterocycles. The zero-order valence-electron chi connectivity index (χ0n) is 9.21. The van der Waals surface area contributed by atoms with Crippen molar-refractivity contribution in [3.63, 3.8) is 0 Å². The summed E-state index contributed by atoms with van der Waals surface area (Å²) in [4.78, 5) is 23.2. The van der Waals surface area contributed by atoms with E-state index in [0.29, 0.717) is 12.0 Å². The zero-order chi connectivity index (χ0) is 11.6. The van der Waals surface area contributed by atoms with Crippen molar-refractivity contribution in [2.45, 2.75) is 26.2 Å². The van der Waals surface area contributed by atoms with Crippen LogP contribution in [0.5, 0.6) is 0 Å². The van der Waals surface area contributed by atoms with Crippen molar-refractivity contribution >= 4 is 11.6 Å². The van der Waals surface area contributed by atoms with Crippen LogP contribution in [-0.4, -0.2) is 9.13 Å². The van der Waals surface area contributed by atoms with Crippen molar-refractivity contribution < 1.29 is 0 Å². The van der Waals surface area contributed by atoms with Crippen molar-refractivity contribution in [2.24, 2.45) is 14.1 Å². The van der Waals surface area contributed by atoms with Crippen LogP contribution in [-0.2, 0) is 20.5 Å². The van der Waals surface area contributed by atoms with Crippen LogP contribution in [0.4, 0.5) is 0 Å². The molecule has 0 fully saturated rings. The topological polar surface area (TPSA) is 44.0 Å². The van der Waals surface area contributed by atoms with Gasteiger partial charge in [-0.2, -0.15) is 0 Å². The summed E-state index contributed by atoms with van der Waals surface area (Å²) in [6.07, 6.45) is 2.51. The van der Waals surface area contributed by atoms with Gasteiger partial charge >= 0.3 is 5.69 Å². The van der Waals surface area contributed by atoms with Gasteiger partial charge in [0, 0.05) is 14.1 Å². The quantitative estimate of drug-likeness (QED) is 0.730. The fourth-order valence-electron chi connectivity index (χ4n) is 1.45. The Morgan fingerprint density at radius 1 is 1.20 bits per heavy atom. The molecule has 0 atom stereocenters. The molecule has 0 aromatic carbocycles. The highest BCUT2D eigenvalue weighted by molar-refractivity contribution is 6.30. The summed E-state index contributed by atoms with van der Waals surface area (Å²) in [6.45, 7) is 2.04. The Bertz CT molecular complexity index is 474. The fourth-order valence-corrected chi connectivity index (χ4v) is 1.70. The summed E-state index contributed by atoms with van der Waals surface area (Å²) in [6, 6.07) is 0. The van der Waals surface area contributed by atoms with E-state index in [2.05, 4.69) is 0 Å². The molecule has 0 amide bonds. The molecule has 1 rings (SSSR count). The minimum Gasteiger partial charge on any atom is -0.287 e. The van der Waals surface area contributed by atoms with Crippen LogP contribution in [0, 0.1) is 0 Å². The SMILES string of the molecule is CCCCc1c(Cl)n(C)c(=O)n(C)c1=O. The van der Waals surface area contributed by atoms with E-state index in [1.54, 1.807) is 7.05 Å². The largest absolute Gasteiger partial charge is 0.331 e. The van der Waals surface area contributed by atoms with Crippen LogP contribution in [0.2, 0.25) is 5.15 Å². The molecule has 0 aliphatic carbocycles. The second kappa shape index (κ2) is 4.66. The van der Waals surface area contributed by atoms with Crippen LogP contribution in [0.25, 0.3) is 0 Å². The molecule has 0 radical (unpaired) electrons. The van der Waals surface area contributed by atoms with E-state index in [0.717, 1.165) is 17.4 Å². The van der Waals surface area contributed by atoms with E-state index in [9.17, 15) is 9.59 Å². The fraction of sp³-hybridized carbons (Fsp3) is 0.600. The number of rotatable bonds is 3. The number of halogens is 1. The first-order chi connectivity index (χ1) is 7.00. The Kier molecular flexibility index (Phi) is 3.74. The molecule has 0 N–H and O–H groups in total. The van der Waals surface area contributed by atoms with Crippen molar-refractivity contribution in [1.29, 1.82) is 0 Å². The molecule has 0 aliphatic rings. The van der Waals surface area contributed by atoms with Crippen molar-refractivity contribution in [3.8, 4) is 0 Å². The molecule has 1 aromatic rings. The van der Waals surface area contributed by atoms with Gasteiger partial charge in [-0.15, -0.1) is 0 Å². The van der Waals surface area contributed by atoms with Gasteiger partial charge in [0.15, 0.2) is 0 Å². The second-order valence-corrected chi connectivity index (χ2v) is 3.94. The van der Waals surface area contributed by atoms with Gasteiger partial charge in [0.25, 0.3) is 5.56 Å². The maximum atomic E-state index is 11.7. The Morgan fingerprint density at radius 3 is 2.33 bits per heavy atom. The molecule has 0 bridgehead atoms. The number of unbranched alkanes of at least 4 members (excludes halogenated alkanes) is 1. The Morgan fingerprint density at radius 2 is 1.80 bits per heavy atom. The van der Waals surface area contributed by atoms with Gasteiger partial charge in [0.2, 0.25) is 0 Å². The molecule has 0 saturated heterocycles. The Hall–Kier alpha value is -1.03. The van der Waals surface area contributed by atoms with Gasteiger partial charge in [-0.05, 0) is 12.8 Å². The summed E-state index contributed by atoms with van der Waals surface area (Å²) in [5.41, 5.74) is -0.134. The van der Waals surface area contributed by atoms with Gasteiger partial charge in [-0.25, -0.2) is 4.79 Å². The smallest absolute Gasteiger partial charge is 0.287 e. The van der Waals surface area contributed by atoms with E-state index < -0.39 is 0 Å². The van der Waals surface area contributed by atoms with Crippen LogP contribution >= 0.6 is 11.6 Å². The summed E-state index contributed by atoms with van der Waals surface area (Å²) in [7, 11) is 3.04. The summed E-state index contributed by atoms with van der Waals surface area (Å²) < 4.78 is 2.39. The first-order valence-electron chi connectivity index (χ1n) is 4.95. The van der Waals surface area contributed by atoms with Crippen LogP contribution < -0.4 is 11.2 Å². The van der Waals surface area contributed by atoms with Gasteiger partial charge in [0.05, 0.1) is 5.56 Å². The third kappa shape index (κ3) is 2.15. The third-order valence-corrected chi connectivity index (χ3v) is 2.94. The molecule has 0 spiro atoms. The van der Waals surface area contributed by atoms with Gasteiger partial charge in [-0.3, -0.25) is 13.9 Å². The van der Waals surface area contributed by atoms with Gasteiger partial charge in [0.1, 0.15) is 5.15 Å². The van der Waals surface area contributed by atoms with Gasteiger partial charge in [-0.1, -0.05) is 24.9 Å². The first kappa shape index (κ1) is 12.0. The minimum atomic E-state index is -0.384. The lowest BCUT2D eigenvalue weighted by atomic mass is 10.1. The molecule has 1 heterocycles. The van der Waals surface area contributed by atoms with Crippen molar-refractivity contribution in [2.75, 3.05) is 0 Å². The molecule has 15 heavy (non-hydrogen) atoms. The van der Waals surface area contributed by atoms with E-state index in [1.165, 1.54) is 11.6 Å². The molecule has 4 nitrogen and oxygen atoms in total. The second-order valence-electron chi connectivity index (χ2n) is 3.58. The van der Waals surface area contributed by atoms with Crippen molar-refractivity contribution in [1.82, 2.24) is 9.13 Å². The lowest BCUT2D eigenvalue weighted by Gasteiger charge is -2.09. The molecule has 0 aliphatic heterocycles. The summed E-state index contributed by atoms with van der Waals surface area (Å²) >= 11 is 5.96. The highest BCUT2D eigenvalue weighted by Gasteiger charge is 2.12. The standard InChI is InChI=1S/C10H15ClN2O2/c1-4-5-6-7-8(11)12(2)10(15)13(3)9(7)14/h4-6H2,1-3H3. The van der Waals surface area contributed by atoms with E-state index >= 15 is 0 Å². The lowest BCUT2D eigenvalue weighted by Crippen LogP contribution is -2.39. The molecule has 0 unspecified atom stereocenters. The predicted octanol–water partition coefficient (Wildman–Crippen LogP) is 1.08. The summed E-state index contributed by atoms with van der Waals surface area (Å²) in [5, 5.41) is 0.261. The number of nitrogens with zero attached hydrogens (tertiary/aromatic N) is 2.